The van der Waals surface area contributed by atoms with E-state index in [1.807, 2.05) is 68.4 Å². The molecular formula is C34H45F2N3O2. The van der Waals surface area contributed by atoms with Gasteiger partial charge < -0.3 is 10.6 Å². The van der Waals surface area contributed by atoms with Crippen molar-refractivity contribution < 1.29 is 18.4 Å². The summed E-state index contributed by atoms with van der Waals surface area (Å²) in [4.78, 5) is 17.9. The van der Waals surface area contributed by atoms with E-state index >= 15 is 0 Å². The number of hydrogen-bond donors (Lipinski definition) is 3. The molecule has 3 unspecified atom stereocenters. The highest BCUT2D eigenvalue weighted by Gasteiger charge is 2.20. The third-order valence-corrected chi connectivity index (χ3v) is 5.86. The fraction of sp³-hybridized carbons (Fsp3) is 0.324. The van der Waals surface area contributed by atoms with Gasteiger partial charge in [-0.1, -0.05) is 79.7 Å². The van der Waals surface area contributed by atoms with Crippen LogP contribution in [0.5, 0.6) is 0 Å². The Hall–Kier alpha value is -3.65. The molecule has 0 radical (unpaired) electrons. The standard InChI is InChI=1S/C26H31N3O2.C5H8F2.C3H6/c1-3-20-9-7-10-21(15-20)17-28-18-25(31-27)19(2)29-26(30)24-14-8-13-23(16-24)22-11-5-4-6-12-22;1-4(6)3-5(2)7;1-3-2/h4-16,19,25,28H,3,17-18,27H2,1-2H3,(H,29,30);3-4H,1-2H3;3H,1H2,2H3/b;5-3+;. The first-order valence-corrected chi connectivity index (χ1v) is 13.8. The molecule has 0 bridgehead atoms. The number of halogens is 2. The highest BCUT2D eigenvalue weighted by Crippen LogP contribution is 2.20. The van der Waals surface area contributed by atoms with Gasteiger partial charge >= 0.3 is 0 Å². The summed E-state index contributed by atoms with van der Waals surface area (Å²) >= 11 is 0. The molecule has 0 fully saturated rings. The Morgan fingerprint density at radius 3 is 2.17 bits per heavy atom. The lowest BCUT2D eigenvalue weighted by atomic mass is 10.0. The second-order valence-electron chi connectivity index (χ2n) is 9.53. The number of carbonyl (C=O) groups is 1. The molecule has 0 aliphatic rings. The third-order valence-electron chi connectivity index (χ3n) is 5.86. The Morgan fingerprint density at radius 1 is 1.00 bits per heavy atom. The van der Waals surface area contributed by atoms with Gasteiger partial charge in [0.05, 0.1) is 11.9 Å². The van der Waals surface area contributed by atoms with Crippen molar-refractivity contribution >= 4 is 5.91 Å². The van der Waals surface area contributed by atoms with E-state index in [2.05, 4.69) is 48.4 Å². The van der Waals surface area contributed by atoms with Gasteiger partial charge in [-0.2, -0.15) is 0 Å². The molecule has 0 spiro atoms. The number of rotatable bonds is 11. The zero-order valence-electron chi connectivity index (χ0n) is 24.9. The summed E-state index contributed by atoms with van der Waals surface area (Å²) in [6.45, 7) is 13.0. The number of carbonyl (C=O) groups excluding carboxylic acids is 1. The van der Waals surface area contributed by atoms with E-state index in [0.717, 1.165) is 23.6 Å². The van der Waals surface area contributed by atoms with Crippen molar-refractivity contribution in [1.29, 1.82) is 0 Å². The van der Waals surface area contributed by atoms with Gasteiger partial charge in [0.15, 0.2) is 0 Å². The van der Waals surface area contributed by atoms with Crippen LogP contribution in [0.1, 0.15) is 56.1 Å². The van der Waals surface area contributed by atoms with Crippen LogP contribution in [0.15, 0.2) is 103 Å². The van der Waals surface area contributed by atoms with Crippen molar-refractivity contribution in [1.82, 2.24) is 10.6 Å². The van der Waals surface area contributed by atoms with Crippen molar-refractivity contribution in [3.8, 4) is 11.1 Å². The molecule has 5 nitrogen and oxygen atoms in total. The summed E-state index contributed by atoms with van der Waals surface area (Å²) in [6, 6.07) is 25.8. The highest BCUT2D eigenvalue weighted by atomic mass is 19.1. The van der Waals surface area contributed by atoms with Crippen LogP contribution in [0.3, 0.4) is 0 Å². The Balaban J connectivity index is 0.000000723. The summed E-state index contributed by atoms with van der Waals surface area (Å²) in [7, 11) is 0. The number of amides is 1. The third kappa shape index (κ3) is 14.5. The molecule has 0 aromatic heterocycles. The van der Waals surface area contributed by atoms with Crippen LogP contribution in [0.4, 0.5) is 8.78 Å². The molecular weight excluding hydrogens is 520 g/mol. The number of allylic oxidation sites excluding steroid dienone is 3. The van der Waals surface area contributed by atoms with Gasteiger partial charge in [0.2, 0.25) is 0 Å². The SMILES string of the molecule is C/C(F)=C\C(C)F.C=CC.CCc1cccc(CNCC(ON)C(C)NC(=O)c2cccc(-c3ccccc3)c2)c1. The van der Waals surface area contributed by atoms with Crippen LogP contribution in [-0.2, 0) is 17.8 Å². The zero-order valence-corrected chi connectivity index (χ0v) is 24.9. The zero-order chi connectivity index (χ0) is 30.6. The van der Waals surface area contributed by atoms with Gasteiger partial charge in [0.25, 0.3) is 5.91 Å². The van der Waals surface area contributed by atoms with Crippen molar-refractivity contribution in [2.75, 3.05) is 6.54 Å². The molecule has 41 heavy (non-hydrogen) atoms. The number of aryl methyl sites for hydroxylation is 1. The number of nitrogens with two attached hydrogens (primary N) is 1. The maximum atomic E-state index is 12.8. The van der Waals surface area contributed by atoms with Crippen molar-refractivity contribution in [2.45, 2.75) is 65.9 Å². The maximum absolute atomic E-state index is 12.8. The fourth-order valence-electron chi connectivity index (χ4n) is 3.83. The van der Waals surface area contributed by atoms with Gasteiger partial charge in [-0.25, -0.2) is 14.7 Å². The summed E-state index contributed by atoms with van der Waals surface area (Å²) in [6.07, 6.45) is 2.16. The first-order valence-electron chi connectivity index (χ1n) is 13.8. The number of hydrogen-bond acceptors (Lipinski definition) is 4. The van der Waals surface area contributed by atoms with E-state index in [-0.39, 0.29) is 18.1 Å². The number of nitrogens with one attached hydrogen (secondary N) is 2. The lowest BCUT2D eigenvalue weighted by Gasteiger charge is -2.23. The molecule has 7 heteroatoms. The predicted octanol–water partition coefficient (Wildman–Crippen LogP) is 7.49. The molecule has 0 saturated carbocycles. The summed E-state index contributed by atoms with van der Waals surface area (Å²) in [5.41, 5.74) is 5.20. The number of benzene rings is 3. The minimum absolute atomic E-state index is 0.150. The van der Waals surface area contributed by atoms with Gasteiger partial charge in [0.1, 0.15) is 12.3 Å². The van der Waals surface area contributed by atoms with Gasteiger partial charge in [-0.05, 0) is 74.6 Å². The van der Waals surface area contributed by atoms with E-state index in [4.69, 9.17) is 10.7 Å². The first-order chi connectivity index (χ1) is 19.6. The minimum atomic E-state index is -1.16. The molecule has 0 aliphatic heterocycles. The van der Waals surface area contributed by atoms with E-state index in [0.29, 0.717) is 18.7 Å². The largest absolute Gasteiger partial charge is 0.347 e. The Morgan fingerprint density at radius 2 is 1.61 bits per heavy atom. The molecule has 3 rings (SSSR count). The molecule has 0 saturated heterocycles. The molecule has 4 N–H and O–H groups in total. The average molecular weight is 566 g/mol. The minimum Gasteiger partial charge on any atom is -0.347 e. The molecule has 222 valence electrons. The molecule has 3 atom stereocenters. The van der Waals surface area contributed by atoms with Crippen LogP contribution < -0.4 is 16.5 Å². The number of alkyl halides is 1. The first kappa shape index (κ1) is 35.4. The molecule has 3 aromatic rings. The summed E-state index contributed by atoms with van der Waals surface area (Å²) in [5.74, 6) is 4.91. The van der Waals surface area contributed by atoms with Gasteiger partial charge in [-0.15, -0.1) is 6.58 Å². The van der Waals surface area contributed by atoms with Crippen LogP contribution in [0, 0.1) is 0 Å². The van der Waals surface area contributed by atoms with E-state index in [1.54, 1.807) is 6.08 Å². The highest BCUT2D eigenvalue weighted by molar-refractivity contribution is 5.95. The van der Waals surface area contributed by atoms with Crippen molar-refractivity contribution in [3.05, 3.63) is 120 Å². The van der Waals surface area contributed by atoms with E-state index in [9.17, 15) is 13.6 Å². The Bertz CT molecular complexity index is 1200. The summed E-state index contributed by atoms with van der Waals surface area (Å²) in [5, 5.41) is 6.38. The topological polar surface area (TPSA) is 76.4 Å². The molecule has 3 aromatic carbocycles. The molecule has 1 amide bonds. The van der Waals surface area contributed by atoms with Gasteiger partial charge in [-0.3, -0.25) is 9.63 Å². The van der Waals surface area contributed by atoms with E-state index in [1.165, 1.54) is 25.0 Å². The smallest absolute Gasteiger partial charge is 0.251 e. The maximum Gasteiger partial charge on any atom is 0.251 e. The lowest BCUT2D eigenvalue weighted by Crippen LogP contribution is -2.48. The average Bonchev–Trinajstić information content (AvgIpc) is 2.96. The van der Waals surface area contributed by atoms with Crippen molar-refractivity contribution in [3.63, 3.8) is 0 Å². The van der Waals surface area contributed by atoms with E-state index < -0.39 is 12.0 Å². The molecule has 0 heterocycles. The van der Waals surface area contributed by atoms with Crippen LogP contribution in [-0.4, -0.2) is 30.8 Å². The van der Waals surface area contributed by atoms with Crippen LogP contribution in [0.25, 0.3) is 11.1 Å². The quantitative estimate of drug-likeness (QED) is 0.166. The Kier molecular flexibility index (Phi) is 17.5. The van der Waals surface area contributed by atoms with Crippen LogP contribution in [0.2, 0.25) is 0 Å². The monoisotopic (exact) mass is 565 g/mol. The second-order valence-corrected chi connectivity index (χ2v) is 9.53. The molecule has 0 aliphatic carbocycles. The van der Waals surface area contributed by atoms with Crippen LogP contribution >= 0.6 is 0 Å². The predicted molar refractivity (Wildman–Crippen MR) is 167 cm³/mol. The van der Waals surface area contributed by atoms with Gasteiger partial charge in [0, 0.05) is 18.7 Å². The van der Waals surface area contributed by atoms with Crippen molar-refractivity contribution in [2.24, 2.45) is 5.90 Å². The summed E-state index contributed by atoms with van der Waals surface area (Å²) < 4.78 is 23.2. The second kappa shape index (κ2) is 20.3. The fourth-order valence-corrected chi connectivity index (χ4v) is 3.83. The lowest BCUT2D eigenvalue weighted by molar-refractivity contribution is 0.0292. The Labute approximate surface area is 244 Å². The normalized spacial score (nSPS) is 12.9.